The van der Waals surface area contributed by atoms with E-state index in [9.17, 15) is 19.5 Å². The van der Waals surface area contributed by atoms with E-state index in [1.54, 1.807) is 6.07 Å². The highest BCUT2D eigenvalue weighted by Gasteiger charge is 2.68. The lowest BCUT2D eigenvalue weighted by atomic mass is 9.48. The van der Waals surface area contributed by atoms with Crippen LogP contribution in [0.15, 0.2) is 72.8 Å². The van der Waals surface area contributed by atoms with Crippen LogP contribution in [0.1, 0.15) is 51.4 Å². The van der Waals surface area contributed by atoms with Crippen molar-refractivity contribution in [3.8, 4) is 0 Å². The summed E-state index contributed by atoms with van der Waals surface area (Å²) in [6.07, 6.45) is 0. The second-order valence-electron chi connectivity index (χ2n) is 8.75. The zero-order valence-electron chi connectivity index (χ0n) is 16.7. The van der Waals surface area contributed by atoms with E-state index in [1.807, 2.05) is 31.2 Å². The van der Waals surface area contributed by atoms with Crippen LogP contribution in [0.25, 0.3) is 0 Å². The predicted molar refractivity (Wildman–Crippen MR) is 111 cm³/mol. The van der Waals surface area contributed by atoms with E-state index < -0.39 is 17.3 Å². The van der Waals surface area contributed by atoms with Crippen molar-refractivity contribution >= 4 is 23.5 Å². The van der Waals surface area contributed by atoms with Crippen molar-refractivity contribution in [1.82, 2.24) is 0 Å². The molecule has 2 bridgehead atoms. The Kier molecular flexibility index (Phi) is 3.45. The third-order valence-electron chi connectivity index (χ3n) is 7.35. The molecule has 3 aromatic rings. The number of aromatic carboxylic acids is 1. The van der Waals surface area contributed by atoms with E-state index in [4.69, 9.17) is 0 Å². The maximum absolute atomic E-state index is 13.9. The van der Waals surface area contributed by atoms with Gasteiger partial charge in [0, 0.05) is 11.8 Å². The number of anilines is 1. The third kappa shape index (κ3) is 2.08. The Hall–Kier alpha value is -3.73. The molecule has 0 radical (unpaired) electrons. The van der Waals surface area contributed by atoms with Crippen LogP contribution in [0.4, 0.5) is 5.69 Å². The van der Waals surface area contributed by atoms with Crippen molar-refractivity contribution < 1.29 is 19.5 Å². The minimum absolute atomic E-state index is 0.0623. The lowest BCUT2D eigenvalue weighted by Gasteiger charge is -2.51. The van der Waals surface area contributed by atoms with Crippen LogP contribution >= 0.6 is 0 Å². The molecule has 3 aliphatic carbocycles. The maximum Gasteiger partial charge on any atom is 0.241 e. The van der Waals surface area contributed by atoms with Crippen LogP contribution in [0, 0.1) is 11.3 Å². The second-order valence-corrected chi connectivity index (χ2v) is 8.75. The number of hydrogen-bond donors (Lipinski definition) is 0. The molecule has 1 saturated heterocycles. The van der Waals surface area contributed by atoms with Crippen molar-refractivity contribution in [3.05, 3.63) is 101 Å². The molecule has 2 atom stereocenters. The number of benzene rings is 3. The molecule has 0 aromatic heterocycles. The first kappa shape index (κ1) is 18.1. The van der Waals surface area contributed by atoms with Crippen molar-refractivity contribution in [3.63, 3.8) is 0 Å². The molecule has 1 heterocycles. The Balaban J connectivity index is 1.59. The monoisotopic (exact) mass is 408 g/mol. The van der Waals surface area contributed by atoms with Gasteiger partial charge in [0.2, 0.25) is 11.8 Å². The number of carboxylic acid groups (broad SMARTS) is 1. The molecule has 5 nitrogen and oxygen atoms in total. The molecule has 4 aliphatic rings. The molecule has 2 amide bonds. The van der Waals surface area contributed by atoms with Crippen LogP contribution in [0.2, 0.25) is 0 Å². The molecule has 5 heteroatoms. The number of nitrogens with zero attached hydrogens (tertiary/aromatic N) is 1. The van der Waals surface area contributed by atoms with Gasteiger partial charge in [-0.05, 0) is 46.9 Å². The number of carbonyl (C=O) groups is 3. The highest BCUT2D eigenvalue weighted by Crippen LogP contribution is 2.67. The number of amides is 2. The molecule has 0 saturated carbocycles. The molecule has 0 N–H and O–H groups in total. The Morgan fingerprint density at radius 3 is 2.03 bits per heavy atom. The van der Waals surface area contributed by atoms with Crippen LogP contribution < -0.4 is 10.0 Å². The molecule has 31 heavy (non-hydrogen) atoms. The van der Waals surface area contributed by atoms with Gasteiger partial charge in [0.05, 0.1) is 23.0 Å². The fourth-order valence-electron chi connectivity index (χ4n) is 6.13. The highest BCUT2D eigenvalue weighted by molar-refractivity contribution is 6.25. The molecule has 7 rings (SSSR count). The standard InChI is InChI=1S/C26H19NO4/c1-26-21-18-11-4-2-9-16(18)20(17-10-3-5-12-19(17)21)22(26)23(28)27(25(26)31)15-8-6-7-14(13-15)24(29)30/h2-13,20-22H,1H3,(H,29,30)/p-1/t20?,21?,22-,26-/m0/s1. The highest BCUT2D eigenvalue weighted by atomic mass is 16.4. The SMILES string of the molecule is C[C@@]12C(=O)N(c3cccc(C(=O)[O-])c3)C(=O)[C@@H]1C1c3ccccc3C2c2ccccc21. The van der Waals surface area contributed by atoms with Gasteiger partial charge in [-0.15, -0.1) is 0 Å². The normalized spacial score (nSPS) is 27.6. The number of imide groups is 1. The Labute approximate surface area is 178 Å². The van der Waals surface area contributed by atoms with Gasteiger partial charge in [-0.1, -0.05) is 60.7 Å². The van der Waals surface area contributed by atoms with Gasteiger partial charge in [0.15, 0.2) is 0 Å². The average Bonchev–Trinajstić information content (AvgIpc) is 2.99. The van der Waals surface area contributed by atoms with Crippen LogP contribution in [0.5, 0.6) is 0 Å². The largest absolute Gasteiger partial charge is 0.545 e. The smallest absolute Gasteiger partial charge is 0.241 e. The van der Waals surface area contributed by atoms with E-state index >= 15 is 0 Å². The average molecular weight is 408 g/mol. The second kappa shape index (κ2) is 5.91. The predicted octanol–water partition coefficient (Wildman–Crippen LogP) is 2.84. The van der Waals surface area contributed by atoms with Crippen LogP contribution in [-0.2, 0) is 9.59 Å². The minimum atomic E-state index is -1.34. The van der Waals surface area contributed by atoms with Crippen molar-refractivity contribution in [1.29, 1.82) is 0 Å². The van der Waals surface area contributed by atoms with Crippen molar-refractivity contribution in [2.24, 2.45) is 11.3 Å². The summed E-state index contributed by atoms with van der Waals surface area (Å²) >= 11 is 0. The molecular weight excluding hydrogens is 390 g/mol. The molecule has 3 aromatic carbocycles. The van der Waals surface area contributed by atoms with Crippen LogP contribution in [0.3, 0.4) is 0 Å². The van der Waals surface area contributed by atoms with Crippen LogP contribution in [-0.4, -0.2) is 17.8 Å². The van der Waals surface area contributed by atoms with Crippen molar-refractivity contribution in [2.75, 3.05) is 4.90 Å². The molecule has 152 valence electrons. The Bertz CT molecular complexity index is 1260. The number of hydrogen-bond acceptors (Lipinski definition) is 4. The quantitative estimate of drug-likeness (QED) is 0.611. The number of carboxylic acids is 1. The first-order valence-electron chi connectivity index (χ1n) is 10.3. The van der Waals surface area contributed by atoms with E-state index in [-0.39, 0.29) is 34.9 Å². The topological polar surface area (TPSA) is 77.5 Å². The molecular formula is C26H18NO4-. The number of rotatable bonds is 2. The fraction of sp³-hybridized carbons (Fsp3) is 0.192. The third-order valence-corrected chi connectivity index (χ3v) is 7.35. The maximum atomic E-state index is 13.9. The zero-order chi connectivity index (χ0) is 21.5. The Morgan fingerprint density at radius 1 is 0.871 bits per heavy atom. The zero-order valence-corrected chi connectivity index (χ0v) is 16.7. The van der Waals surface area contributed by atoms with E-state index in [2.05, 4.69) is 24.3 Å². The molecule has 1 aliphatic heterocycles. The van der Waals surface area contributed by atoms with Gasteiger partial charge >= 0.3 is 0 Å². The van der Waals surface area contributed by atoms with Gasteiger partial charge in [-0.25, -0.2) is 4.90 Å². The van der Waals surface area contributed by atoms with Gasteiger partial charge in [-0.3, -0.25) is 9.59 Å². The summed E-state index contributed by atoms with van der Waals surface area (Å²) in [5, 5.41) is 11.4. The molecule has 0 spiro atoms. The van der Waals surface area contributed by atoms with E-state index in [1.165, 1.54) is 23.1 Å². The van der Waals surface area contributed by atoms with Gasteiger partial charge in [-0.2, -0.15) is 0 Å². The Morgan fingerprint density at radius 2 is 1.45 bits per heavy atom. The van der Waals surface area contributed by atoms with Gasteiger partial charge in [0.1, 0.15) is 0 Å². The van der Waals surface area contributed by atoms with E-state index in [0.717, 1.165) is 22.3 Å². The summed E-state index contributed by atoms with van der Waals surface area (Å²) in [5.41, 5.74) is 3.66. The lowest BCUT2D eigenvalue weighted by Crippen LogP contribution is -2.49. The number of carbonyl (C=O) groups excluding carboxylic acids is 3. The summed E-state index contributed by atoms with van der Waals surface area (Å²) in [7, 11) is 0. The van der Waals surface area contributed by atoms with Crippen molar-refractivity contribution in [2.45, 2.75) is 18.8 Å². The first-order valence-corrected chi connectivity index (χ1v) is 10.3. The molecule has 0 unspecified atom stereocenters. The summed E-state index contributed by atoms with van der Waals surface area (Å²) in [4.78, 5) is 40.2. The van der Waals surface area contributed by atoms with E-state index in [0.29, 0.717) is 0 Å². The summed E-state index contributed by atoms with van der Waals surface area (Å²) < 4.78 is 0. The lowest BCUT2D eigenvalue weighted by molar-refractivity contribution is -0.255. The van der Waals surface area contributed by atoms with Gasteiger partial charge < -0.3 is 9.90 Å². The van der Waals surface area contributed by atoms with Gasteiger partial charge in [0.25, 0.3) is 0 Å². The minimum Gasteiger partial charge on any atom is -0.545 e. The fourth-order valence-corrected chi connectivity index (χ4v) is 6.13. The first-order chi connectivity index (χ1) is 14.9. The molecule has 1 fully saturated rings. The summed E-state index contributed by atoms with van der Waals surface area (Å²) in [6.45, 7) is 1.89. The summed E-state index contributed by atoms with van der Waals surface area (Å²) in [5.74, 6) is -2.89. The summed E-state index contributed by atoms with van der Waals surface area (Å²) in [6, 6.07) is 22.0.